The van der Waals surface area contributed by atoms with E-state index in [9.17, 15) is 9.59 Å². The first kappa shape index (κ1) is 24.1. The van der Waals surface area contributed by atoms with Crippen LogP contribution in [0.15, 0.2) is 78.9 Å². The number of carbonyl (C=O) groups is 2. The molecule has 4 aromatic carbocycles. The number of carbonyl (C=O) groups excluding carboxylic acids is 2. The van der Waals surface area contributed by atoms with Crippen LogP contribution in [0.3, 0.4) is 0 Å². The molecule has 1 aliphatic heterocycles. The first-order valence-corrected chi connectivity index (χ1v) is 11.8. The van der Waals surface area contributed by atoms with Crippen molar-refractivity contribution in [3.05, 3.63) is 112 Å². The maximum absolute atomic E-state index is 13.1. The van der Waals surface area contributed by atoms with Crippen molar-refractivity contribution in [1.82, 2.24) is 0 Å². The van der Waals surface area contributed by atoms with Gasteiger partial charge in [0.1, 0.15) is 11.3 Å². The molecule has 0 bridgehead atoms. The highest BCUT2D eigenvalue weighted by molar-refractivity contribution is 6.09. The standard InChI is InChI=1S/C31H26O6/c1-19-9-13-21(14-10-19)31(22-15-11-20(2)12-16-22)18-17-25-26(29(32)34-3)28(36-30(33)35-4)24-8-6-5-7-23(24)27(25)37-31/h5-18H,1-4H3. The molecule has 0 amide bonds. The third-order valence-corrected chi connectivity index (χ3v) is 6.61. The van der Waals surface area contributed by atoms with Gasteiger partial charge >= 0.3 is 12.1 Å². The van der Waals surface area contributed by atoms with Crippen LogP contribution in [0, 0.1) is 13.8 Å². The first-order chi connectivity index (χ1) is 17.9. The third kappa shape index (κ3) is 4.10. The second-order valence-electron chi connectivity index (χ2n) is 8.94. The van der Waals surface area contributed by atoms with Crippen LogP contribution in [0.1, 0.15) is 38.2 Å². The van der Waals surface area contributed by atoms with Crippen molar-refractivity contribution in [3.63, 3.8) is 0 Å². The highest BCUT2D eigenvalue weighted by atomic mass is 16.7. The van der Waals surface area contributed by atoms with Crippen molar-refractivity contribution in [2.24, 2.45) is 0 Å². The molecule has 37 heavy (non-hydrogen) atoms. The number of hydrogen-bond acceptors (Lipinski definition) is 6. The zero-order valence-corrected chi connectivity index (χ0v) is 21.0. The molecule has 4 aromatic rings. The Hall–Kier alpha value is -4.58. The molecule has 0 saturated heterocycles. The molecule has 1 heterocycles. The van der Waals surface area contributed by atoms with E-state index in [4.69, 9.17) is 18.9 Å². The molecule has 0 spiro atoms. The van der Waals surface area contributed by atoms with Gasteiger partial charge in [-0.3, -0.25) is 0 Å². The summed E-state index contributed by atoms with van der Waals surface area (Å²) in [6.07, 6.45) is 2.82. The van der Waals surface area contributed by atoms with E-state index in [1.165, 1.54) is 14.2 Å². The number of rotatable bonds is 4. The molecule has 186 valence electrons. The van der Waals surface area contributed by atoms with Crippen LogP contribution < -0.4 is 9.47 Å². The van der Waals surface area contributed by atoms with Crippen molar-refractivity contribution in [2.75, 3.05) is 14.2 Å². The van der Waals surface area contributed by atoms with Gasteiger partial charge in [0.05, 0.1) is 14.2 Å². The Morgan fingerprint density at radius 2 is 1.32 bits per heavy atom. The molecule has 6 nitrogen and oxygen atoms in total. The first-order valence-electron chi connectivity index (χ1n) is 11.8. The lowest BCUT2D eigenvalue weighted by atomic mass is 9.82. The van der Waals surface area contributed by atoms with Gasteiger partial charge in [0.25, 0.3) is 0 Å². The summed E-state index contributed by atoms with van der Waals surface area (Å²) in [6, 6.07) is 23.7. The lowest BCUT2D eigenvalue weighted by molar-refractivity contribution is 0.0594. The average Bonchev–Trinajstić information content (AvgIpc) is 2.93. The minimum absolute atomic E-state index is 0.0551. The van der Waals surface area contributed by atoms with Crippen LogP contribution in [0.4, 0.5) is 4.79 Å². The van der Waals surface area contributed by atoms with Crippen LogP contribution in [0.25, 0.3) is 16.8 Å². The molecular formula is C31H26O6. The van der Waals surface area contributed by atoms with Gasteiger partial charge in [-0.2, -0.15) is 0 Å². The van der Waals surface area contributed by atoms with E-state index in [1.807, 2.05) is 86.7 Å². The van der Waals surface area contributed by atoms with Crippen molar-refractivity contribution in [2.45, 2.75) is 19.4 Å². The molecule has 0 radical (unpaired) electrons. The summed E-state index contributed by atoms with van der Waals surface area (Å²) in [6.45, 7) is 4.07. The Bertz CT molecular complexity index is 1490. The monoisotopic (exact) mass is 494 g/mol. The fourth-order valence-electron chi connectivity index (χ4n) is 4.67. The van der Waals surface area contributed by atoms with Crippen LogP contribution in [-0.2, 0) is 15.1 Å². The molecule has 0 atom stereocenters. The third-order valence-electron chi connectivity index (χ3n) is 6.61. The molecule has 0 saturated carbocycles. The van der Waals surface area contributed by atoms with Crippen LogP contribution in [0.2, 0.25) is 0 Å². The number of benzene rings is 4. The Morgan fingerprint density at radius 3 is 1.86 bits per heavy atom. The summed E-state index contributed by atoms with van der Waals surface area (Å²) in [5, 5.41) is 1.20. The maximum Gasteiger partial charge on any atom is 0.513 e. The van der Waals surface area contributed by atoms with Crippen molar-refractivity contribution < 1.29 is 28.5 Å². The second-order valence-corrected chi connectivity index (χ2v) is 8.94. The summed E-state index contributed by atoms with van der Waals surface area (Å²) in [5.41, 5.74) is 3.70. The quantitative estimate of drug-likeness (QED) is 0.231. The largest absolute Gasteiger partial charge is 0.513 e. The fourth-order valence-corrected chi connectivity index (χ4v) is 4.67. The average molecular weight is 495 g/mol. The van der Waals surface area contributed by atoms with Gasteiger partial charge in [-0.25, -0.2) is 9.59 Å². The zero-order chi connectivity index (χ0) is 26.2. The van der Waals surface area contributed by atoms with E-state index in [-0.39, 0.29) is 11.3 Å². The highest BCUT2D eigenvalue weighted by Crippen LogP contribution is 2.49. The fraction of sp³-hybridized carbons (Fsp3) is 0.161. The van der Waals surface area contributed by atoms with Crippen LogP contribution in [0.5, 0.6) is 11.5 Å². The molecule has 0 unspecified atom stereocenters. The molecule has 0 fully saturated rings. The van der Waals surface area contributed by atoms with Gasteiger partial charge in [0, 0.05) is 27.5 Å². The topological polar surface area (TPSA) is 71.1 Å². The van der Waals surface area contributed by atoms with E-state index < -0.39 is 17.7 Å². The van der Waals surface area contributed by atoms with E-state index >= 15 is 0 Å². The summed E-state index contributed by atoms with van der Waals surface area (Å²) >= 11 is 0. The van der Waals surface area contributed by atoms with Gasteiger partial charge in [0.2, 0.25) is 0 Å². The summed E-state index contributed by atoms with van der Waals surface area (Å²) in [7, 11) is 2.49. The maximum atomic E-state index is 13.1. The van der Waals surface area contributed by atoms with Gasteiger partial charge in [0.15, 0.2) is 11.4 Å². The van der Waals surface area contributed by atoms with E-state index in [0.29, 0.717) is 22.1 Å². The van der Waals surface area contributed by atoms with Gasteiger partial charge < -0.3 is 18.9 Å². The predicted molar refractivity (Wildman–Crippen MR) is 141 cm³/mol. The number of aryl methyl sites for hydroxylation is 2. The number of methoxy groups -OCH3 is 2. The molecule has 5 rings (SSSR count). The Morgan fingerprint density at radius 1 is 0.757 bits per heavy atom. The number of hydrogen-bond donors (Lipinski definition) is 0. The predicted octanol–water partition coefficient (Wildman–Crippen LogP) is 6.74. The summed E-state index contributed by atoms with van der Waals surface area (Å²) in [5.74, 6) is -0.122. The minimum Gasteiger partial charge on any atom is -0.472 e. The van der Waals surface area contributed by atoms with E-state index in [2.05, 4.69) is 0 Å². The van der Waals surface area contributed by atoms with E-state index in [1.54, 1.807) is 12.1 Å². The highest BCUT2D eigenvalue weighted by Gasteiger charge is 2.40. The van der Waals surface area contributed by atoms with E-state index in [0.717, 1.165) is 22.3 Å². The van der Waals surface area contributed by atoms with Crippen molar-refractivity contribution >= 4 is 29.0 Å². The number of esters is 1. The number of ether oxygens (including phenoxy) is 4. The second kappa shape index (κ2) is 9.47. The van der Waals surface area contributed by atoms with Gasteiger partial charge in [-0.05, 0) is 26.0 Å². The van der Waals surface area contributed by atoms with Gasteiger partial charge in [-0.1, -0.05) is 83.9 Å². The van der Waals surface area contributed by atoms with Crippen molar-refractivity contribution in [3.8, 4) is 11.5 Å². The molecule has 0 N–H and O–H groups in total. The van der Waals surface area contributed by atoms with Gasteiger partial charge in [-0.15, -0.1) is 0 Å². The minimum atomic E-state index is -0.963. The Labute approximate surface area is 215 Å². The molecule has 0 aliphatic carbocycles. The SMILES string of the molecule is COC(=O)Oc1c(C(=O)OC)c2c(c3ccccc13)OC(c1ccc(C)cc1)(c1ccc(C)cc1)C=C2. The Balaban J connectivity index is 1.83. The zero-order valence-electron chi connectivity index (χ0n) is 21.0. The smallest absolute Gasteiger partial charge is 0.472 e. The van der Waals surface area contributed by atoms with Crippen LogP contribution >= 0.6 is 0 Å². The summed E-state index contributed by atoms with van der Waals surface area (Å²) in [4.78, 5) is 25.2. The molecular weight excluding hydrogens is 468 g/mol. The molecule has 6 heteroatoms. The lowest BCUT2D eigenvalue weighted by Crippen LogP contribution is -2.35. The van der Waals surface area contributed by atoms with Crippen molar-refractivity contribution in [1.29, 1.82) is 0 Å². The lowest BCUT2D eigenvalue weighted by Gasteiger charge is -2.37. The number of fused-ring (bicyclic) bond motifs is 3. The Kier molecular flexibility index (Phi) is 6.17. The summed E-state index contributed by atoms with van der Waals surface area (Å²) < 4.78 is 22.2. The normalized spacial score (nSPS) is 13.4. The molecule has 1 aliphatic rings. The molecule has 0 aromatic heterocycles. The van der Waals surface area contributed by atoms with Crippen LogP contribution in [-0.4, -0.2) is 26.3 Å².